The first kappa shape index (κ1) is 11.2. The van der Waals surface area contributed by atoms with Gasteiger partial charge in [0.15, 0.2) is 13.1 Å². The Morgan fingerprint density at radius 1 is 0.667 bits per heavy atom. The van der Waals surface area contributed by atoms with E-state index in [4.69, 9.17) is 0 Å². The lowest BCUT2D eigenvalue weighted by Crippen LogP contribution is -2.14. The van der Waals surface area contributed by atoms with Gasteiger partial charge in [-0.2, -0.15) is 36.6 Å². The van der Waals surface area contributed by atoms with Crippen LogP contribution < -0.4 is 0 Å². The van der Waals surface area contributed by atoms with E-state index in [0.717, 1.165) is 0 Å². The number of rotatable bonds is 2. The molecule has 0 saturated heterocycles. The van der Waals surface area contributed by atoms with Crippen LogP contribution >= 0.6 is 0 Å². The van der Waals surface area contributed by atoms with E-state index in [1.807, 2.05) is 0 Å². The van der Waals surface area contributed by atoms with E-state index in [-0.39, 0.29) is 0 Å². The van der Waals surface area contributed by atoms with Crippen LogP contribution in [0.1, 0.15) is 0 Å². The molecule has 0 saturated carbocycles. The first-order valence-electron chi connectivity index (χ1n) is 2.67. The van der Waals surface area contributed by atoms with Crippen molar-refractivity contribution in [1.29, 1.82) is 0 Å². The van der Waals surface area contributed by atoms with Gasteiger partial charge in [0.1, 0.15) is 0 Å². The highest BCUT2D eigenvalue weighted by Crippen LogP contribution is 2.17. The minimum absolute atomic E-state index is 1.68. The van der Waals surface area contributed by atoms with Crippen molar-refractivity contribution in [3.63, 3.8) is 0 Å². The third kappa shape index (κ3) is 9.18. The number of alkyl halides is 6. The lowest BCUT2D eigenvalue weighted by atomic mass is 10.6. The molecule has 0 aliphatic heterocycles. The van der Waals surface area contributed by atoms with E-state index in [1.54, 1.807) is 0 Å². The average molecular weight is 194 g/mol. The van der Waals surface area contributed by atoms with Crippen LogP contribution in [-0.4, -0.2) is 25.4 Å². The first-order chi connectivity index (χ1) is 5.21. The molecule has 72 valence electrons. The van der Waals surface area contributed by atoms with Crippen molar-refractivity contribution in [2.45, 2.75) is 12.4 Å². The molecule has 2 nitrogen and oxygen atoms in total. The van der Waals surface area contributed by atoms with Crippen LogP contribution in [0, 0.1) is 0 Å². The van der Waals surface area contributed by atoms with Crippen molar-refractivity contribution < 1.29 is 26.3 Å². The molecule has 0 aliphatic rings. The van der Waals surface area contributed by atoms with Crippen LogP contribution in [0.25, 0.3) is 0 Å². The minimum Gasteiger partial charge on any atom is -0.184 e. The molecule has 0 bridgehead atoms. The second-order valence-electron chi connectivity index (χ2n) is 1.83. The summed E-state index contributed by atoms with van der Waals surface area (Å²) in [6.45, 7) is -3.35. The molecule has 0 atom stereocenters. The summed E-state index contributed by atoms with van der Waals surface area (Å²) in [6, 6.07) is 0. The van der Waals surface area contributed by atoms with Gasteiger partial charge < -0.3 is 0 Å². The standard InChI is InChI=1S/C4H4F6N2/c5-3(6,7)1-11-12-2-4(8,9)10/h1-2H2. The average Bonchev–Trinajstić information content (AvgIpc) is 1.76. The van der Waals surface area contributed by atoms with Crippen molar-refractivity contribution in [2.24, 2.45) is 10.2 Å². The van der Waals surface area contributed by atoms with Crippen molar-refractivity contribution >= 4 is 0 Å². The van der Waals surface area contributed by atoms with Gasteiger partial charge in [0.25, 0.3) is 0 Å². The van der Waals surface area contributed by atoms with Gasteiger partial charge in [0, 0.05) is 0 Å². The third-order valence-corrected chi connectivity index (χ3v) is 0.600. The van der Waals surface area contributed by atoms with Crippen molar-refractivity contribution in [1.82, 2.24) is 0 Å². The summed E-state index contributed by atoms with van der Waals surface area (Å²) in [4.78, 5) is 0. The number of azo groups is 1. The van der Waals surface area contributed by atoms with Crippen molar-refractivity contribution in [3.8, 4) is 0 Å². The Kier molecular flexibility index (Phi) is 3.47. The highest BCUT2D eigenvalue weighted by molar-refractivity contribution is 4.54. The first-order valence-corrected chi connectivity index (χ1v) is 2.67. The van der Waals surface area contributed by atoms with Gasteiger partial charge in [-0.1, -0.05) is 0 Å². The van der Waals surface area contributed by atoms with Crippen LogP contribution in [0.5, 0.6) is 0 Å². The molecular weight excluding hydrogens is 190 g/mol. The summed E-state index contributed by atoms with van der Waals surface area (Å²) in [7, 11) is 0. The molecule has 0 aliphatic carbocycles. The third-order valence-electron chi connectivity index (χ3n) is 0.600. The summed E-state index contributed by atoms with van der Waals surface area (Å²) in [5, 5.41) is 4.62. The Balaban J connectivity index is 3.66. The number of halogens is 6. The fraction of sp³-hybridized carbons (Fsp3) is 1.00. The molecule has 0 heterocycles. The van der Waals surface area contributed by atoms with E-state index in [9.17, 15) is 26.3 Å². The predicted molar refractivity (Wildman–Crippen MR) is 26.7 cm³/mol. The molecule has 0 rings (SSSR count). The smallest absolute Gasteiger partial charge is 0.184 e. The van der Waals surface area contributed by atoms with E-state index in [1.165, 1.54) is 0 Å². The molecular formula is C4H4F6N2. The lowest BCUT2D eigenvalue weighted by molar-refractivity contribution is -0.126. The summed E-state index contributed by atoms with van der Waals surface area (Å²) in [6.07, 6.45) is -9.20. The van der Waals surface area contributed by atoms with Gasteiger partial charge in [-0.3, -0.25) is 0 Å². The molecule has 0 N–H and O–H groups in total. The van der Waals surface area contributed by atoms with Crippen LogP contribution in [0.4, 0.5) is 26.3 Å². The van der Waals surface area contributed by atoms with E-state index < -0.39 is 25.4 Å². The molecule has 0 spiro atoms. The largest absolute Gasteiger partial charge is 0.409 e. The van der Waals surface area contributed by atoms with Gasteiger partial charge in [-0.25, -0.2) is 0 Å². The summed E-state index contributed by atoms with van der Waals surface area (Å²) < 4.78 is 67.4. The molecule has 0 unspecified atom stereocenters. The molecule has 12 heavy (non-hydrogen) atoms. The van der Waals surface area contributed by atoms with E-state index in [2.05, 4.69) is 10.2 Å². The van der Waals surface area contributed by atoms with Gasteiger partial charge in [0.2, 0.25) is 0 Å². The predicted octanol–water partition coefficient (Wildman–Crippen LogP) is 2.56. The van der Waals surface area contributed by atoms with Gasteiger partial charge >= 0.3 is 12.4 Å². The van der Waals surface area contributed by atoms with E-state index >= 15 is 0 Å². The Morgan fingerprint density at radius 3 is 1.08 bits per heavy atom. The highest BCUT2D eigenvalue weighted by atomic mass is 19.4. The second-order valence-corrected chi connectivity index (χ2v) is 1.83. The number of nitrogens with zero attached hydrogens (tertiary/aromatic N) is 2. The highest BCUT2D eigenvalue weighted by Gasteiger charge is 2.29. The van der Waals surface area contributed by atoms with Gasteiger partial charge in [-0.15, -0.1) is 0 Å². The molecule has 0 aromatic rings. The molecule has 0 amide bonds. The quantitative estimate of drug-likeness (QED) is 0.476. The zero-order valence-corrected chi connectivity index (χ0v) is 5.58. The van der Waals surface area contributed by atoms with E-state index in [0.29, 0.717) is 0 Å². The number of hydrogen-bond acceptors (Lipinski definition) is 2. The topological polar surface area (TPSA) is 24.7 Å². The second kappa shape index (κ2) is 3.72. The van der Waals surface area contributed by atoms with Crippen molar-refractivity contribution in [2.75, 3.05) is 13.1 Å². The van der Waals surface area contributed by atoms with Crippen LogP contribution in [0.2, 0.25) is 0 Å². The fourth-order valence-corrected chi connectivity index (χ4v) is 0.260. The Morgan fingerprint density at radius 2 is 0.917 bits per heavy atom. The molecule has 0 aromatic carbocycles. The van der Waals surface area contributed by atoms with Gasteiger partial charge in [0.05, 0.1) is 0 Å². The molecule has 0 radical (unpaired) electrons. The zero-order valence-electron chi connectivity index (χ0n) is 5.58. The monoisotopic (exact) mass is 194 g/mol. The minimum atomic E-state index is -4.60. The maximum Gasteiger partial charge on any atom is 0.409 e. The molecule has 0 fully saturated rings. The molecule has 0 aromatic heterocycles. The molecule has 8 heteroatoms. The Hall–Kier alpha value is -0.820. The normalized spacial score (nSPS) is 14.2. The van der Waals surface area contributed by atoms with Crippen LogP contribution in [0.3, 0.4) is 0 Å². The maximum atomic E-state index is 11.2. The van der Waals surface area contributed by atoms with Gasteiger partial charge in [-0.05, 0) is 0 Å². The van der Waals surface area contributed by atoms with Crippen LogP contribution in [-0.2, 0) is 0 Å². The zero-order chi connectivity index (χ0) is 9.83. The Bertz CT molecular complexity index is 138. The fourth-order valence-electron chi connectivity index (χ4n) is 0.260. The summed E-state index contributed by atoms with van der Waals surface area (Å²) in [5.41, 5.74) is 0. The number of hydrogen-bond donors (Lipinski definition) is 0. The lowest BCUT2D eigenvalue weighted by Gasteiger charge is -2.01. The maximum absolute atomic E-state index is 11.2. The Labute approximate surface area is 63.3 Å². The van der Waals surface area contributed by atoms with Crippen LogP contribution in [0.15, 0.2) is 10.2 Å². The SMILES string of the molecule is FC(F)(F)CN=NCC(F)(F)F. The summed E-state index contributed by atoms with van der Waals surface area (Å²) >= 11 is 0. The summed E-state index contributed by atoms with van der Waals surface area (Å²) in [5.74, 6) is 0. The van der Waals surface area contributed by atoms with Crippen molar-refractivity contribution in [3.05, 3.63) is 0 Å².